The van der Waals surface area contributed by atoms with Crippen molar-refractivity contribution in [2.75, 3.05) is 23.5 Å². The van der Waals surface area contributed by atoms with Crippen LogP contribution in [0.2, 0.25) is 0 Å². The van der Waals surface area contributed by atoms with Crippen LogP contribution in [-0.2, 0) is 7.05 Å². The van der Waals surface area contributed by atoms with E-state index in [0.717, 1.165) is 12.3 Å². The standard InChI is InChI=1S/C10H13N3O2S/c1-12-4-2-3-8(9(12)14)11-10(15)13-5-6-16-7-13/h2-4H,5-7H2,1H3,(H,11,15). The predicted molar refractivity (Wildman–Crippen MR) is 64.7 cm³/mol. The Morgan fingerprint density at radius 2 is 2.38 bits per heavy atom. The van der Waals surface area contributed by atoms with Gasteiger partial charge >= 0.3 is 6.03 Å². The molecule has 2 rings (SSSR count). The van der Waals surface area contributed by atoms with Gasteiger partial charge < -0.3 is 14.8 Å². The average molecular weight is 239 g/mol. The summed E-state index contributed by atoms with van der Waals surface area (Å²) in [5, 5.41) is 2.63. The fraction of sp³-hybridized carbons (Fsp3) is 0.400. The zero-order valence-electron chi connectivity index (χ0n) is 8.97. The molecule has 0 bridgehead atoms. The van der Waals surface area contributed by atoms with Gasteiger partial charge in [0.15, 0.2) is 0 Å². The molecule has 6 heteroatoms. The first-order valence-corrected chi connectivity index (χ1v) is 6.13. The molecule has 16 heavy (non-hydrogen) atoms. The summed E-state index contributed by atoms with van der Waals surface area (Å²) in [7, 11) is 1.66. The van der Waals surface area contributed by atoms with Crippen molar-refractivity contribution < 1.29 is 4.79 Å². The van der Waals surface area contributed by atoms with Crippen LogP contribution < -0.4 is 10.9 Å². The van der Waals surface area contributed by atoms with Crippen molar-refractivity contribution in [3.05, 3.63) is 28.7 Å². The molecule has 1 fully saturated rings. The van der Waals surface area contributed by atoms with E-state index in [1.807, 2.05) is 0 Å². The van der Waals surface area contributed by atoms with Crippen LogP contribution in [-0.4, -0.2) is 33.7 Å². The van der Waals surface area contributed by atoms with Crippen LogP contribution in [0, 0.1) is 0 Å². The molecule has 1 aromatic heterocycles. The van der Waals surface area contributed by atoms with Crippen molar-refractivity contribution in [2.24, 2.45) is 7.05 Å². The molecule has 0 unspecified atom stereocenters. The van der Waals surface area contributed by atoms with E-state index >= 15 is 0 Å². The maximum Gasteiger partial charge on any atom is 0.322 e. The number of carbonyl (C=O) groups is 1. The van der Waals surface area contributed by atoms with Crippen molar-refractivity contribution in [3.8, 4) is 0 Å². The van der Waals surface area contributed by atoms with Crippen LogP contribution in [0.1, 0.15) is 0 Å². The number of amides is 2. The van der Waals surface area contributed by atoms with Gasteiger partial charge in [0.1, 0.15) is 5.69 Å². The molecule has 0 spiro atoms. The third-order valence-electron chi connectivity index (χ3n) is 2.40. The maximum atomic E-state index is 11.7. The van der Waals surface area contributed by atoms with Gasteiger partial charge in [0.25, 0.3) is 5.56 Å². The van der Waals surface area contributed by atoms with Gasteiger partial charge in [-0.05, 0) is 12.1 Å². The van der Waals surface area contributed by atoms with E-state index in [0.29, 0.717) is 11.6 Å². The molecule has 0 radical (unpaired) electrons. The van der Waals surface area contributed by atoms with E-state index in [4.69, 9.17) is 0 Å². The molecule has 5 nitrogen and oxygen atoms in total. The summed E-state index contributed by atoms with van der Waals surface area (Å²) in [6, 6.07) is 3.15. The second-order valence-electron chi connectivity index (χ2n) is 3.57. The number of hydrogen-bond donors (Lipinski definition) is 1. The number of hydrogen-bond acceptors (Lipinski definition) is 3. The fourth-order valence-corrected chi connectivity index (χ4v) is 2.41. The molecular formula is C10H13N3O2S. The molecule has 0 aromatic carbocycles. The summed E-state index contributed by atoms with van der Waals surface area (Å²) < 4.78 is 1.44. The minimum atomic E-state index is -0.201. The first kappa shape index (κ1) is 11.1. The van der Waals surface area contributed by atoms with E-state index in [9.17, 15) is 9.59 Å². The number of urea groups is 1. The average Bonchev–Trinajstić information content (AvgIpc) is 2.78. The van der Waals surface area contributed by atoms with Crippen LogP contribution in [0.15, 0.2) is 23.1 Å². The van der Waals surface area contributed by atoms with Crippen LogP contribution in [0.3, 0.4) is 0 Å². The Morgan fingerprint density at radius 3 is 3.06 bits per heavy atom. The number of thioether (sulfide) groups is 1. The highest BCUT2D eigenvalue weighted by Crippen LogP contribution is 2.14. The van der Waals surface area contributed by atoms with Gasteiger partial charge in [0.2, 0.25) is 0 Å². The SMILES string of the molecule is Cn1cccc(NC(=O)N2CCSC2)c1=O. The zero-order valence-corrected chi connectivity index (χ0v) is 9.79. The lowest BCUT2D eigenvalue weighted by molar-refractivity contribution is 0.225. The highest BCUT2D eigenvalue weighted by Gasteiger charge is 2.18. The number of aryl methyl sites for hydroxylation is 1. The molecule has 0 saturated carbocycles. The summed E-state index contributed by atoms with van der Waals surface area (Å²) in [6.07, 6.45) is 1.66. The Balaban J connectivity index is 2.11. The molecule has 86 valence electrons. The number of carbonyl (C=O) groups excluding carboxylic acids is 1. The van der Waals surface area contributed by atoms with Gasteiger partial charge in [-0.1, -0.05) is 0 Å². The molecule has 0 aliphatic carbocycles. The highest BCUT2D eigenvalue weighted by molar-refractivity contribution is 7.99. The number of rotatable bonds is 1. The predicted octanol–water partition coefficient (Wildman–Crippen LogP) is 0.923. The topological polar surface area (TPSA) is 54.3 Å². The molecule has 1 aliphatic rings. The van der Waals surface area contributed by atoms with E-state index < -0.39 is 0 Å². The van der Waals surface area contributed by atoms with E-state index in [1.54, 1.807) is 42.0 Å². The van der Waals surface area contributed by atoms with E-state index in [2.05, 4.69) is 5.32 Å². The van der Waals surface area contributed by atoms with Crippen molar-refractivity contribution in [1.29, 1.82) is 0 Å². The first-order valence-electron chi connectivity index (χ1n) is 4.98. The summed E-state index contributed by atoms with van der Waals surface area (Å²) >= 11 is 1.71. The van der Waals surface area contributed by atoms with E-state index in [-0.39, 0.29) is 11.6 Å². The third kappa shape index (κ3) is 2.21. The van der Waals surface area contributed by atoms with Gasteiger partial charge in [-0.3, -0.25) is 4.79 Å². The lowest BCUT2D eigenvalue weighted by Crippen LogP contribution is -2.34. The summed E-state index contributed by atoms with van der Waals surface area (Å²) in [6.45, 7) is 0.740. The quantitative estimate of drug-likeness (QED) is 0.793. The fourth-order valence-electron chi connectivity index (χ4n) is 1.46. The largest absolute Gasteiger partial charge is 0.322 e. The van der Waals surface area contributed by atoms with Crippen LogP contribution >= 0.6 is 11.8 Å². The van der Waals surface area contributed by atoms with Crippen molar-refractivity contribution >= 4 is 23.5 Å². The smallest absolute Gasteiger partial charge is 0.317 e. The van der Waals surface area contributed by atoms with Crippen molar-refractivity contribution in [2.45, 2.75) is 0 Å². The number of pyridine rings is 1. The Hall–Kier alpha value is -1.43. The Kier molecular flexibility index (Phi) is 3.19. The molecular weight excluding hydrogens is 226 g/mol. The second kappa shape index (κ2) is 4.61. The number of anilines is 1. The molecule has 0 atom stereocenters. The summed E-state index contributed by atoms with van der Waals surface area (Å²) in [5.74, 6) is 1.65. The van der Waals surface area contributed by atoms with Gasteiger partial charge in [-0.25, -0.2) is 4.79 Å². The van der Waals surface area contributed by atoms with Gasteiger partial charge in [-0.15, -0.1) is 11.8 Å². The lowest BCUT2D eigenvalue weighted by Gasteiger charge is -2.15. The summed E-state index contributed by atoms with van der Waals surface area (Å²) in [4.78, 5) is 25.1. The van der Waals surface area contributed by atoms with Gasteiger partial charge in [0.05, 0.1) is 5.88 Å². The third-order valence-corrected chi connectivity index (χ3v) is 3.37. The lowest BCUT2D eigenvalue weighted by atomic mass is 10.4. The normalized spacial score (nSPS) is 15.2. The van der Waals surface area contributed by atoms with E-state index in [1.165, 1.54) is 4.57 Å². The van der Waals surface area contributed by atoms with Crippen LogP contribution in [0.4, 0.5) is 10.5 Å². The zero-order chi connectivity index (χ0) is 11.5. The molecule has 2 amide bonds. The molecule has 1 saturated heterocycles. The first-order chi connectivity index (χ1) is 7.68. The Labute approximate surface area is 97.4 Å². The number of nitrogens with zero attached hydrogens (tertiary/aromatic N) is 2. The molecule has 1 aromatic rings. The molecule has 1 aliphatic heterocycles. The van der Waals surface area contributed by atoms with Crippen LogP contribution in [0.25, 0.3) is 0 Å². The van der Waals surface area contributed by atoms with Crippen molar-refractivity contribution in [3.63, 3.8) is 0 Å². The second-order valence-corrected chi connectivity index (χ2v) is 4.64. The van der Waals surface area contributed by atoms with Gasteiger partial charge in [0, 0.05) is 25.5 Å². The van der Waals surface area contributed by atoms with Crippen LogP contribution in [0.5, 0.6) is 0 Å². The van der Waals surface area contributed by atoms with Crippen molar-refractivity contribution in [1.82, 2.24) is 9.47 Å². The number of nitrogens with one attached hydrogen (secondary N) is 1. The number of aromatic nitrogens is 1. The molecule has 1 N–H and O–H groups in total. The minimum absolute atomic E-state index is 0.192. The Morgan fingerprint density at radius 1 is 1.56 bits per heavy atom. The monoisotopic (exact) mass is 239 g/mol. The Bertz CT molecular complexity index is 452. The van der Waals surface area contributed by atoms with Gasteiger partial charge in [-0.2, -0.15) is 0 Å². The summed E-state index contributed by atoms with van der Waals surface area (Å²) in [5.41, 5.74) is 0.134. The maximum absolute atomic E-state index is 11.7. The molecule has 2 heterocycles. The minimum Gasteiger partial charge on any atom is -0.317 e. The highest BCUT2D eigenvalue weighted by atomic mass is 32.2.